The SMILES string of the molecule is CC1=CC2C=C(C)P(C)C2=C1. The molecule has 11 heavy (non-hydrogen) atoms. The third kappa shape index (κ3) is 1.01. The Hall–Kier alpha value is -0.350. The van der Waals surface area contributed by atoms with Crippen molar-refractivity contribution >= 4 is 7.92 Å². The molecule has 58 valence electrons. The highest BCUT2D eigenvalue weighted by Crippen LogP contribution is 2.60. The summed E-state index contributed by atoms with van der Waals surface area (Å²) in [5.74, 6) is 0.672. The van der Waals surface area contributed by atoms with Crippen LogP contribution in [-0.2, 0) is 0 Å². The van der Waals surface area contributed by atoms with Crippen LogP contribution in [0.3, 0.4) is 0 Å². The average Bonchev–Trinajstić information content (AvgIpc) is 2.37. The molecule has 0 nitrogen and oxygen atoms in total. The van der Waals surface area contributed by atoms with Crippen molar-refractivity contribution in [2.45, 2.75) is 13.8 Å². The predicted molar refractivity (Wildman–Crippen MR) is 51.9 cm³/mol. The molecule has 1 heteroatoms. The molecule has 2 atom stereocenters. The minimum absolute atomic E-state index is 0.0769. The third-order valence-electron chi connectivity index (χ3n) is 2.50. The molecule has 0 fully saturated rings. The number of fused-ring (bicyclic) bond motifs is 1. The molecule has 0 aromatic rings. The third-order valence-corrected chi connectivity index (χ3v) is 4.91. The van der Waals surface area contributed by atoms with E-state index in [9.17, 15) is 0 Å². The highest BCUT2D eigenvalue weighted by molar-refractivity contribution is 7.66. The number of rotatable bonds is 0. The molecule has 1 aliphatic heterocycles. The molecule has 0 saturated carbocycles. The van der Waals surface area contributed by atoms with E-state index in [1.807, 2.05) is 0 Å². The first-order valence-electron chi connectivity index (χ1n) is 4.00. The largest absolute Gasteiger partial charge is 0.0702 e. The van der Waals surface area contributed by atoms with Crippen LogP contribution in [0, 0.1) is 5.92 Å². The lowest BCUT2D eigenvalue weighted by atomic mass is 10.1. The van der Waals surface area contributed by atoms with Crippen molar-refractivity contribution in [3.63, 3.8) is 0 Å². The zero-order chi connectivity index (χ0) is 8.01. The van der Waals surface area contributed by atoms with E-state index in [0.717, 1.165) is 0 Å². The van der Waals surface area contributed by atoms with Gasteiger partial charge in [-0.3, -0.25) is 0 Å². The summed E-state index contributed by atoms with van der Waals surface area (Å²) in [7, 11) is 0.0769. The van der Waals surface area contributed by atoms with E-state index in [0.29, 0.717) is 5.92 Å². The van der Waals surface area contributed by atoms with Gasteiger partial charge in [0, 0.05) is 5.92 Å². The fourth-order valence-corrected chi connectivity index (χ4v) is 3.56. The Balaban J connectivity index is 2.39. The average molecular weight is 164 g/mol. The molecule has 0 N–H and O–H groups in total. The molecular formula is C10H13P. The van der Waals surface area contributed by atoms with Crippen LogP contribution in [0.2, 0.25) is 0 Å². The van der Waals surface area contributed by atoms with Gasteiger partial charge in [-0.1, -0.05) is 31.7 Å². The van der Waals surface area contributed by atoms with E-state index in [2.05, 4.69) is 38.7 Å². The first-order valence-corrected chi connectivity index (χ1v) is 5.79. The zero-order valence-corrected chi connectivity index (χ0v) is 8.15. The molecule has 0 spiro atoms. The lowest BCUT2D eigenvalue weighted by Gasteiger charge is -2.07. The van der Waals surface area contributed by atoms with E-state index < -0.39 is 0 Å². The van der Waals surface area contributed by atoms with Gasteiger partial charge >= 0.3 is 0 Å². The highest BCUT2D eigenvalue weighted by Gasteiger charge is 2.27. The van der Waals surface area contributed by atoms with Crippen LogP contribution in [0.15, 0.2) is 34.4 Å². The standard InChI is InChI=1S/C10H13P/c1-7-4-9-6-8(2)11(3)10(9)5-7/h4-6,9H,1-3H3. The van der Waals surface area contributed by atoms with E-state index in [-0.39, 0.29) is 7.92 Å². The van der Waals surface area contributed by atoms with Crippen molar-refractivity contribution in [2.24, 2.45) is 5.92 Å². The molecule has 2 rings (SSSR count). The van der Waals surface area contributed by atoms with Gasteiger partial charge in [0.25, 0.3) is 0 Å². The van der Waals surface area contributed by atoms with Crippen LogP contribution in [0.5, 0.6) is 0 Å². The molecule has 1 aliphatic carbocycles. The van der Waals surface area contributed by atoms with Gasteiger partial charge in [0.15, 0.2) is 0 Å². The maximum absolute atomic E-state index is 2.41. The van der Waals surface area contributed by atoms with Crippen LogP contribution in [0.4, 0.5) is 0 Å². The molecule has 0 amide bonds. The molecule has 0 aromatic heterocycles. The fourth-order valence-electron chi connectivity index (χ4n) is 1.78. The van der Waals surface area contributed by atoms with E-state index in [1.54, 1.807) is 10.6 Å². The molecule has 2 unspecified atom stereocenters. The van der Waals surface area contributed by atoms with Gasteiger partial charge < -0.3 is 0 Å². The first-order chi connectivity index (χ1) is 5.18. The van der Waals surface area contributed by atoms with Crippen LogP contribution in [-0.4, -0.2) is 6.66 Å². The lowest BCUT2D eigenvalue weighted by Crippen LogP contribution is -1.82. The molecule has 0 aromatic carbocycles. The van der Waals surface area contributed by atoms with Crippen molar-refractivity contribution in [1.29, 1.82) is 0 Å². The summed E-state index contributed by atoms with van der Waals surface area (Å²) in [6.45, 7) is 6.81. The molecule has 0 bridgehead atoms. The summed E-state index contributed by atoms with van der Waals surface area (Å²) < 4.78 is 0. The van der Waals surface area contributed by atoms with Gasteiger partial charge in [-0.15, -0.1) is 0 Å². The molecule has 2 aliphatic rings. The van der Waals surface area contributed by atoms with E-state index >= 15 is 0 Å². The molecule has 0 saturated heterocycles. The van der Waals surface area contributed by atoms with Crippen LogP contribution in [0.25, 0.3) is 0 Å². The van der Waals surface area contributed by atoms with Gasteiger partial charge in [-0.25, -0.2) is 0 Å². The van der Waals surface area contributed by atoms with E-state index in [4.69, 9.17) is 0 Å². The molecule has 1 heterocycles. The van der Waals surface area contributed by atoms with Crippen molar-refractivity contribution in [1.82, 2.24) is 0 Å². The monoisotopic (exact) mass is 164 g/mol. The van der Waals surface area contributed by atoms with Crippen LogP contribution < -0.4 is 0 Å². The summed E-state index contributed by atoms with van der Waals surface area (Å²) in [6, 6.07) is 0. The Bertz CT molecular complexity index is 281. The number of allylic oxidation sites excluding steroid dienone is 6. The second-order valence-electron chi connectivity index (χ2n) is 3.37. The smallest absolute Gasteiger partial charge is 0.0217 e. The highest BCUT2D eigenvalue weighted by atomic mass is 31.1. The van der Waals surface area contributed by atoms with Gasteiger partial charge in [-0.2, -0.15) is 0 Å². The van der Waals surface area contributed by atoms with Crippen LogP contribution in [0.1, 0.15) is 13.8 Å². The first kappa shape index (κ1) is 7.31. The predicted octanol–water partition coefficient (Wildman–Crippen LogP) is 3.48. The Kier molecular flexibility index (Phi) is 1.54. The minimum Gasteiger partial charge on any atom is -0.0702 e. The maximum atomic E-state index is 2.41. The Morgan fingerprint density at radius 1 is 1.27 bits per heavy atom. The van der Waals surface area contributed by atoms with Gasteiger partial charge in [-0.05, 0) is 31.1 Å². The summed E-state index contributed by atoms with van der Waals surface area (Å²) in [6.07, 6.45) is 7.14. The van der Waals surface area contributed by atoms with E-state index in [1.165, 1.54) is 5.57 Å². The van der Waals surface area contributed by atoms with Crippen molar-refractivity contribution < 1.29 is 0 Å². The fraction of sp³-hybridized carbons (Fsp3) is 0.400. The summed E-state index contributed by atoms with van der Waals surface area (Å²) in [5.41, 5.74) is 1.45. The molecular weight excluding hydrogens is 151 g/mol. The number of hydrogen-bond acceptors (Lipinski definition) is 0. The summed E-state index contributed by atoms with van der Waals surface area (Å²) in [4.78, 5) is 0. The zero-order valence-electron chi connectivity index (χ0n) is 7.26. The van der Waals surface area contributed by atoms with Gasteiger partial charge in [0.1, 0.15) is 0 Å². The van der Waals surface area contributed by atoms with Crippen LogP contribution >= 0.6 is 7.92 Å². The summed E-state index contributed by atoms with van der Waals surface area (Å²) in [5, 5.41) is 3.26. The molecule has 0 radical (unpaired) electrons. The maximum Gasteiger partial charge on any atom is 0.0217 e. The quantitative estimate of drug-likeness (QED) is 0.481. The Labute approximate surface area is 69.4 Å². The summed E-state index contributed by atoms with van der Waals surface area (Å²) >= 11 is 0. The van der Waals surface area contributed by atoms with Crippen molar-refractivity contribution in [3.8, 4) is 0 Å². The Morgan fingerprint density at radius 3 is 2.64 bits per heavy atom. The van der Waals surface area contributed by atoms with Gasteiger partial charge in [0.2, 0.25) is 0 Å². The lowest BCUT2D eigenvalue weighted by molar-refractivity contribution is 1.07. The second-order valence-corrected chi connectivity index (χ2v) is 5.71. The van der Waals surface area contributed by atoms with Crippen molar-refractivity contribution in [3.05, 3.63) is 34.4 Å². The minimum atomic E-state index is 0.0769. The Morgan fingerprint density at radius 2 is 2.00 bits per heavy atom. The van der Waals surface area contributed by atoms with Gasteiger partial charge in [0.05, 0.1) is 0 Å². The normalized spacial score (nSPS) is 34.6. The second kappa shape index (κ2) is 2.32. The topological polar surface area (TPSA) is 0 Å². The number of hydrogen-bond donors (Lipinski definition) is 0. The van der Waals surface area contributed by atoms with Crippen molar-refractivity contribution in [2.75, 3.05) is 6.66 Å².